The number of ketones is 1. The summed E-state index contributed by atoms with van der Waals surface area (Å²) in [6.07, 6.45) is 4.07. The average molecular weight is 412 g/mol. The summed E-state index contributed by atoms with van der Waals surface area (Å²) in [6.45, 7) is 2.07. The maximum atomic E-state index is 13.1. The van der Waals surface area contributed by atoms with Crippen LogP contribution >= 0.6 is 0 Å². The lowest BCUT2D eigenvalue weighted by Gasteiger charge is -2.36. The highest BCUT2D eigenvalue weighted by atomic mass is 16.7. The molecule has 0 unspecified atom stereocenters. The van der Waals surface area contributed by atoms with Crippen molar-refractivity contribution in [1.82, 2.24) is 0 Å². The normalized spacial score (nSPS) is 20.8. The SMILES string of the molecule is COCOc1cc(C)cc(O)c1C(=O)C[C@@]1(O)C=CCC[C@@H]1OCc1ccccc1. The highest BCUT2D eigenvalue weighted by Crippen LogP contribution is 2.36. The Hall–Kier alpha value is -2.67. The zero-order chi connectivity index (χ0) is 21.6. The first kappa shape index (κ1) is 22.0. The number of Topliss-reactive ketones (excluding diaryl/α,β-unsaturated/α-hetero) is 1. The zero-order valence-electron chi connectivity index (χ0n) is 17.3. The van der Waals surface area contributed by atoms with Crippen LogP contribution in [0.2, 0.25) is 0 Å². The van der Waals surface area contributed by atoms with Crippen LogP contribution in [-0.2, 0) is 16.1 Å². The van der Waals surface area contributed by atoms with E-state index in [0.717, 1.165) is 17.5 Å². The zero-order valence-corrected chi connectivity index (χ0v) is 17.3. The Bertz CT molecular complexity index is 892. The van der Waals surface area contributed by atoms with Crippen LogP contribution < -0.4 is 4.74 Å². The molecule has 6 nitrogen and oxygen atoms in total. The van der Waals surface area contributed by atoms with Crippen LogP contribution in [-0.4, -0.2) is 41.6 Å². The van der Waals surface area contributed by atoms with Crippen molar-refractivity contribution < 1.29 is 29.2 Å². The lowest BCUT2D eigenvalue weighted by molar-refractivity contribution is -0.0941. The van der Waals surface area contributed by atoms with E-state index < -0.39 is 17.5 Å². The number of carbonyl (C=O) groups excluding carboxylic acids is 1. The van der Waals surface area contributed by atoms with Gasteiger partial charge in [0.25, 0.3) is 0 Å². The highest BCUT2D eigenvalue weighted by Gasteiger charge is 2.40. The van der Waals surface area contributed by atoms with Gasteiger partial charge in [0.15, 0.2) is 12.6 Å². The van der Waals surface area contributed by atoms with Gasteiger partial charge in [-0.05, 0) is 43.0 Å². The molecule has 1 aliphatic carbocycles. The molecule has 0 radical (unpaired) electrons. The van der Waals surface area contributed by atoms with Gasteiger partial charge in [-0.3, -0.25) is 4.79 Å². The summed E-state index contributed by atoms with van der Waals surface area (Å²) in [4.78, 5) is 13.1. The molecule has 160 valence electrons. The number of phenolic OH excluding ortho intramolecular Hbond substituents is 1. The number of benzene rings is 2. The van der Waals surface area contributed by atoms with Crippen LogP contribution in [0.15, 0.2) is 54.6 Å². The van der Waals surface area contributed by atoms with Gasteiger partial charge in [0.2, 0.25) is 0 Å². The molecule has 2 atom stereocenters. The van der Waals surface area contributed by atoms with E-state index in [9.17, 15) is 15.0 Å². The molecule has 0 fully saturated rings. The lowest BCUT2D eigenvalue weighted by atomic mass is 9.82. The van der Waals surface area contributed by atoms with Crippen molar-refractivity contribution in [1.29, 1.82) is 0 Å². The molecule has 0 aliphatic heterocycles. The molecule has 30 heavy (non-hydrogen) atoms. The molecule has 3 rings (SSSR count). The third-order valence-electron chi connectivity index (χ3n) is 5.13. The lowest BCUT2D eigenvalue weighted by Crippen LogP contribution is -2.45. The van der Waals surface area contributed by atoms with E-state index in [-0.39, 0.29) is 30.3 Å². The van der Waals surface area contributed by atoms with Crippen molar-refractivity contribution in [2.45, 2.75) is 44.5 Å². The number of ether oxygens (including phenoxy) is 3. The summed E-state index contributed by atoms with van der Waals surface area (Å²) in [7, 11) is 1.47. The second-order valence-corrected chi connectivity index (χ2v) is 7.56. The predicted molar refractivity (Wildman–Crippen MR) is 113 cm³/mol. The van der Waals surface area contributed by atoms with Crippen molar-refractivity contribution in [2.24, 2.45) is 0 Å². The third kappa shape index (κ3) is 5.27. The van der Waals surface area contributed by atoms with Crippen molar-refractivity contribution >= 4 is 5.78 Å². The summed E-state index contributed by atoms with van der Waals surface area (Å²) < 4.78 is 16.4. The average Bonchev–Trinajstić information content (AvgIpc) is 2.71. The van der Waals surface area contributed by atoms with Crippen molar-refractivity contribution in [3.63, 3.8) is 0 Å². The minimum Gasteiger partial charge on any atom is -0.507 e. The summed E-state index contributed by atoms with van der Waals surface area (Å²) in [5.74, 6) is -0.387. The Labute approximate surface area is 176 Å². The minimum absolute atomic E-state index is 0.0341. The van der Waals surface area contributed by atoms with Gasteiger partial charge < -0.3 is 24.4 Å². The predicted octanol–water partition coefficient (Wildman–Crippen LogP) is 3.92. The molecule has 0 saturated carbocycles. The maximum absolute atomic E-state index is 13.1. The molecule has 1 aliphatic rings. The Balaban J connectivity index is 1.79. The molecule has 0 heterocycles. The maximum Gasteiger partial charge on any atom is 0.188 e. The van der Waals surface area contributed by atoms with E-state index in [2.05, 4.69) is 0 Å². The number of aromatic hydroxyl groups is 1. The number of allylic oxidation sites excluding steroid dienone is 1. The van der Waals surface area contributed by atoms with Crippen LogP contribution in [0, 0.1) is 6.92 Å². The number of carbonyl (C=O) groups is 1. The molecular formula is C24H28O6. The molecule has 2 aromatic rings. The summed E-state index contributed by atoms with van der Waals surface area (Å²) in [5, 5.41) is 21.7. The van der Waals surface area contributed by atoms with E-state index in [4.69, 9.17) is 14.2 Å². The Kier molecular flexibility index (Phi) is 7.26. The van der Waals surface area contributed by atoms with Crippen LogP contribution in [0.25, 0.3) is 0 Å². The first-order valence-electron chi connectivity index (χ1n) is 9.97. The van der Waals surface area contributed by atoms with Crippen molar-refractivity contribution in [2.75, 3.05) is 13.9 Å². The highest BCUT2D eigenvalue weighted by molar-refractivity contribution is 6.02. The fraction of sp³-hybridized carbons (Fsp3) is 0.375. The standard InChI is InChI=1S/C24H28O6/c1-17-12-19(25)23(21(13-17)30-16-28-2)20(26)14-24(27)11-7-6-10-22(24)29-15-18-8-4-3-5-9-18/h3-5,7-9,11-13,22,25,27H,6,10,14-16H2,1-2H3/t22-,24-/m0/s1. The molecule has 0 saturated heterocycles. The smallest absolute Gasteiger partial charge is 0.188 e. The van der Waals surface area contributed by atoms with Gasteiger partial charge in [-0.25, -0.2) is 0 Å². The largest absolute Gasteiger partial charge is 0.507 e. The van der Waals surface area contributed by atoms with E-state index in [1.165, 1.54) is 13.2 Å². The van der Waals surface area contributed by atoms with E-state index in [0.29, 0.717) is 13.0 Å². The summed E-state index contributed by atoms with van der Waals surface area (Å²) in [6, 6.07) is 12.8. The molecular weight excluding hydrogens is 384 g/mol. The fourth-order valence-corrected chi connectivity index (χ4v) is 3.66. The molecule has 2 N–H and O–H groups in total. The number of hydrogen-bond acceptors (Lipinski definition) is 6. The molecule has 0 spiro atoms. The third-order valence-corrected chi connectivity index (χ3v) is 5.13. The van der Waals surface area contributed by atoms with Crippen LogP contribution in [0.5, 0.6) is 11.5 Å². The first-order chi connectivity index (χ1) is 14.4. The van der Waals surface area contributed by atoms with Crippen LogP contribution in [0.4, 0.5) is 0 Å². The van der Waals surface area contributed by atoms with Crippen molar-refractivity contribution in [3.05, 3.63) is 71.3 Å². The van der Waals surface area contributed by atoms with Gasteiger partial charge in [-0.15, -0.1) is 0 Å². The Morgan fingerprint density at radius 2 is 2.00 bits per heavy atom. The first-order valence-corrected chi connectivity index (χ1v) is 9.97. The fourth-order valence-electron chi connectivity index (χ4n) is 3.66. The van der Waals surface area contributed by atoms with Gasteiger partial charge in [-0.1, -0.05) is 42.5 Å². The number of rotatable bonds is 9. The molecule has 0 amide bonds. The Morgan fingerprint density at radius 3 is 2.73 bits per heavy atom. The molecule has 0 bridgehead atoms. The van der Waals surface area contributed by atoms with Crippen LogP contribution in [0.1, 0.15) is 40.7 Å². The Morgan fingerprint density at radius 1 is 1.23 bits per heavy atom. The second-order valence-electron chi connectivity index (χ2n) is 7.56. The van der Waals surface area contributed by atoms with Gasteiger partial charge in [0.05, 0.1) is 12.7 Å². The minimum atomic E-state index is -1.47. The monoisotopic (exact) mass is 412 g/mol. The van der Waals surface area contributed by atoms with Gasteiger partial charge in [0, 0.05) is 13.5 Å². The molecule has 6 heteroatoms. The summed E-state index contributed by atoms with van der Waals surface area (Å²) in [5.41, 5.74) is 0.300. The van der Waals surface area contributed by atoms with E-state index in [1.54, 1.807) is 19.1 Å². The van der Waals surface area contributed by atoms with Gasteiger partial charge >= 0.3 is 0 Å². The molecule has 0 aromatic heterocycles. The van der Waals surface area contributed by atoms with Gasteiger partial charge in [0.1, 0.15) is 22.7 Å². The topological polar surface area (TPSA) is 85.2 Å². The summed E-state index contributed by atoms with van der Waals surface area (Å²) >= 11 is 0. The number of aliphatic hydroxyl groups is 1. The number of phenols is 1. The number of aryl methyl sites for hydroxylation is 1. The number of methoxy groups -OCH3 is 1. The molecule has 2 aromatic carbocycles. The van der Waals surface area contributed by atoms with E-state index in [1.807, 2.05) is 36.4 Å². The second kappa shape index (κ2) is 9.89. The van der Waals surface area contributed by atoms with Crippen LogP contribution in [0.3, 0.4) is 0 Å². The quantitative estimate of drug-likeness (QED) is 0.369. The van der Waals surface area contributed by atoms with E-state index >= 15 is 0 Å². The van der Waals surface area contributed by atoms with Crippen molar-refractivity contribution in [3.8, 4) is 11.5 Å². The number of hydrogen-bond donors (Lipinski definition) is 2. The van der Waals surface area contributed by atoms with Gasteiger partial charge in [-0.2, -0.15) is 0 Å².